The number of rotatable bonds is 16. The first-order valence-corrected chi connectivity index (χ1v) is 27.0. The Balaban J connectivity index is 0.000000205. The minimum absolute atomic E-state index is 0.0963. The number of aromatic nitrogens is 12. The largest absolute Gasteiger partial charge is 0.477 e. The molecule has 0 fully saturated rings. The predicted octanol–water partition coefficient (Wildman–Crippen LogP) is 8.79. The Kier molecular flexibility index (Phi) is 22.6. The highest BCUT2D eigenvalue weighted by atomic mass is 32.2. The van der Waals surface area contributed by atoms with Gasteiger partial charge < -0.3 is 59.5 Å². The van der Waals surface area contributed by atoms with Crippen LogP contribution in [0.15, 0.2) is 83.6 Å². The van der Waals surface area contributed by atoms with Crippen molar-refractivity contribution in [2.45, 2.75) is 117 Å². The molecule has 0 unspecified atom stereocenters. The molecule has 84 heavy (non-hydrogen) atoms. The summed E-state index contributed by atoms with van der Waals surface area (Å²) in [5, 5.41) is 16.5. The van der Waals surface area contributed by atoms with Gasteiger partial charge in [0, 0.05) is 70.8 Å². The van der Waals surface area contributed by atoms with Gasteiger partial charge >= 0.3 is 5.97 Å². The summed E-state index contributed by atoms with van der Waals surface area (Å²) in [5.41, 5.74) is 44.3. The molecule has 16 N–H and O–H groups in total. The van der Waals surface area contributed by atoms with Crippen LogP contribution >= 0.6 is 24.0 Å². The fraction of sp³-hybridized carbons (Fsp3) is 0.286. The number of aromatic carboxylic acids is 1. The van der Waals surface area contributed by atoms with Crippen molar-refractivity contribution in [2.24, 2.45) is 17.2 Å². The molecule has 28 heteroatoms. The number of amides is 1. The number of nitrogen functional groups attached to an aromatic ring is 5. The average Bonchev–Trinajstić information content (AvgIpc) is 3.50. The van der Waals surface area contributed by atoms with Crippen LogP contribution in [0.4, 0.5) is 23.3 Å². The van der Waals surface area contributed by atoms with Gasteiger partial charge in [0.1, 0.15) is 68.6 Å². The Morgan fingerprint density at radius 2 is 0.786 bits per heavy atom. The number of aryl methyl sites for hydroxylation is 4. The number of nitrogens with two attached hydrogens (primary N) is 7. The van der Waals surface area contributed by atoms with E-state index in [2.05, 4.69) is 73.7 Å². The van der Waals surface area contributed by atoms with Crippen molar-refractivity contribution in [3.63, 3.8) is 0 Å². The van der Waals surface area contributed by atoms with Crippen LogP contribution in [0, 0.1) is 33.1 Å². The van der Waals surface area contributed by atoms with E-state index in [0.717, 1.165) is 32.0 Å². The molecule has 8 aromatic rings. The van der Waals surface area contributed by atoms with Crippen molar-refractivity contribution in [3.8, 4) is 34.5 Å². The van der Waals surface area contributed by atoms with Gasteiger partial charge in [0.25, 0.3) is 5.91 Å². The molecule has 1 amide bonds. The van der Waals surface area contributed by atoms with Gasteiger partial charge in [-0.2, -0.15) is 0 Å². The molecule has 0 aromatic carbocycles. The standard InChI is InChI=1S/C14H18N6O.C14H17N5O2.C14H17N5S2.C14H16N4O3/c1-7(2)9-5-19-10(13(15)16)4-11(9)21-12-6-18-8(3)20-14(12)17;2*1-7(2)9-5-18-10(14(16)20)4-11(9)21-12-6-17-8(3)19-13(12)15;1-7(2)9-5-17-10(14(19)20)4-11(9)21-12-6-16-8(3)18-13(12)15/h4-7H,1-3H3,(H3,15,16)(H2,17,18,20);2*4-7H,1-3H3,(H2,16,20)(H2,15,17,19);4-7H,1-3H3,(H,19,20)(H2,15,16,18). The molecule has 0 aliphatic heterocycles. The molecule has 0 spiro atoms. The lowest BCUT2D eigenvalue weighted by Gasteiger charge is -2.15. The van der Waals surface area contributed by atoms with Crippen LogP contribution in [0.1, 0.15) is 157 Å². The molecular weight excluding hydrogens is 1110 g/mol. The van der Waals surface area contributed by atoms with Gasteiger partial charge in [0.15, 0.2) is 40.4 Å². The number of carboxylic acids is 1. The normalized spacial score (nSPS) is 10.7. The number of anilines is 4. The van der Waals surface area contributed by atoms with Crippen molar-refractivity contribution in [1.82, 2.24) is 59.8 Å². The van der Waals surface area contributed by atoms with Crippen LogP contribution < -0.4 is 54.3 Å². The van der Waals surface area contributed by atoms with Crippen LogP contribution in [0.5, 0.6) is 34.5 Å². The molecule has 0 atom stereocenters. The van der Waals surface area contributed by atoms with Crippen molar-refractivity contribution in [2.75, 3.05) is 22.9 Å². The number of pyridine rings is 4. The number of hydrogen-bond donors (Lipinski definition) is 9. The number of nitrogens with zero attached hydrogens (tertiary/aromatic N) is 12. The SMILES string of the molecule is Cc1ncc(Oc2cc(C(=N)N)ncc2C(C)C)c(N)n1.Cc1ncc(Oc2cc(C(=O)O)ncc2C(C)C)c(N)n1.Cc1ncc(Oc2cc(C(N)=O)ncc2C(C)C)c(N)n1.Cc1ncc(Sc2cc(C(N)=S)ncc2C(C)C)c(N)n1. The lowest BCUT2D eigenvalue weighted by molar-refractivity contribution is 0.0689. The summed E-state index contributed by atoms with van der Waals surface area (Å²) in [6, 6.07) is 6.38. The van der Waals surface area contributed by atoms with E-state index >= 15 is 0 Å². The number of hydrogen-bond acceptors (Lipinski definition) is 24. The van der Waals surface area contributed by atoms with Gasteiger partial charge in [-0.1, -0.05) is 79.4 Å². The Hall–Kier alpha value is -9.83. The van der Waals surface area contributed by atoms with E-state index in [9.17, 15) is 9.59 Å². The fourth-order valence-electron chi connectivity index (χ4n) is 7.11. The van der Waals surface area contributed by atoms with E-state index in [1.165, 1.54) is 48.7 Å². The van der Waals surface area contributed by atoms with Crippen LogP contribution in [0.25, 0.3) is 0 Å². The molecule has 0 saturated heterocycles. The molecule has 0 radical (unpaired) electrons. The van der Waals surface area contributed by atoms with Crippen molar-refractivity contribution >= 4 is 70.0 Å². The number of thiocarbonyl (C=S) groups is 1. The Morgan fingerprint density at radius 3 is 1.13 bits per heavy atom. The van der Waals surface area contributed by atoms with Gasteiger partial charge in [0.05, 0.1) is 29.2 Å². The Labute approximate surface area is 495 Å². The number of carbonyl (C=O) groups excluding carboxylic acids is 1. The van der Waals surface area contributed by atoms with Gasteiger partial charge in [-0.3, -0.25) is 25.2 Å². The van der Waals surface area contributed by atoms with E-state index in [0.29, 0.717) is 75.2 Å². The smallest absolute Gasteiger partial charge is 0.354 e. The molecule has 26 nitrogen and oxygen atoms in total. The van der Waals surface area contributed by atoms with Gasteiger partial charge in [-0.15, -0.1) is 0 Å². The zero-order valence-electron chi connectivity index (χ0n) is 48.5. The molecule has 440 valence electrons. The third-order valence-corrected chi connectivity index (χ3v) is 12.9. The van der Waals surface area contributed by atoms with Crippen molar-refractivity contribution in [3.05, 3.63) is 142 Å². The molecule has 0 aliphatic carbocycles. The van der Waals surface area contributed by atoms with Gasteiger partial charge in [-0.05, 0) is 63.0 Å². The predicted molar refractivity (Wildman–Crippen MR) is 325 cm³/mol. The van der Waals surface area contributed by atoms with Crippen LogP contribution in [-0.4, -0.2) is 87.6 Å². The van der Waals surface area contributed by atoms with Crippen molar-refractivity contribution < 1.29 is 28.9 Å². The average molecular weight is 1180 g/mol. The van der Waals surface area contributed by atoms with E-state index in [4.69, 9.17) is 77.1 Å². The molecule has 0 bridgehead atoms. The van der Waals surface area contributed by atoms with Gasteiger partial charge in [-0.25, -0.2) is 49.7 Å². The maximum Gasteiger partial charge on any atom is 0.354 e. The first-order valence-electron chi connectivity index (χ1n) is 25.8. The zero-order chi connectivity index (χ0) is 62.3. The highest BCUT2D eigenvalue weighted by molar-refractivity contribution is 7.99. The molecule has 8 heterocycles. The van der Waals surface area contributed by atoms with Crippen LogP contribution in [0.2, 0.25) is 0 Å². The first-order chi connectivity index (χ1) is 39.5. The Bertz CT molecular complexity index is 3220. The van der Waals surface area contributed by atoms with E-state index in [1.54, 1.807) is 45.4 Å². The number of carbonyl (C=O) groups is 2. The second-order valence-electron chi connectivity index (χ2n) is 19.6. The molecule has 0 saturated carbocycles. The summed E-state index contributed by atoms with van der Waals surface area (Å²) in [6.07, 6.45) is 12.7. The molecule has 0 aliphatic rings. The lowest BCUT2D eigenvalue weighted by Crippen LogP contribution is -2.14. The minimum Gasteiger partial charge on any atom is -0.477 e. The summed E-state index contributed by atoms with van der Waals surface area (Å²) in [4.78, 5) is 73.4. The summed E-state index contributed by atoms with van der Waals surface area (Å²) < 4.78 is 17.2. The van der Waals surface area contributed by atoms with Gasteiger partial charge in [0.2, 0.25) is 0 Å². The van der Waals surface area contributed by atoms with Crippen molar-refractivity contribution in [1.29, 1.82) is 5.41 Å². The lowest BCUT2D eigenvalue weighted by atomic mass is 10.0. The molecule has 8 rings (SSSR count). The third-order valence-electron chi connectivity index (χ3n) is 11.6. The quantitative estimate of drug-likeness (QED) is 0.0248. The second kappa shape index (κ2) is 29.2. The highest BCUT2D eigenvalue weighted by Crippen LogP contribution is 2.38. The summed E-state index contributed by atoms with van der Waals surface area (Å²) in [7, 11) is 0. The summed E-state index contributed by atoms with van der Waals surface area (Å²) in [5.74, 6) is 4.76. The highest BCUT2D eigenvalue weighted by Gasteiger charge is 2.19. The maximum atomic E-state index is 11.3. The van der Waals surface area contributed by atoms with E-state index < -0.39 is 11.9 Å². The topological polar surface area (TPSA) is 443 Å². The Morgan fingerprint density at radius 1 is 0.452 bits per heavy atom. The third kappa shape index (κ3) is 18.1. The maximum absolute atomic E-state index is 11.3. The van der Waals surface area contributed by atoms with Crippen LogP contribution in [0.3, 0.4) is 0 Å². The monoisotopic (exact) mass is 1180 g/mol. The van der Waals surface area contributed by atoms with E-state index in [1.807, 2.05) is 60.7 Å². The zero-order valence-corrected chi connectivity index (χ0v) is 50.1. The number of primary amides is 1. The first kappa shape index (κ1) is 65.0. The summed E-state index contributed by atoms with van der Waals surface area (Å²) in [6.45, 7) is 23.2. The second-order valence-corrected chi connectivity index (χ2v) is 21.1. The summed E-state index contributed by atoms with van der Waals surface area (Å²) >= 11 is 6.50. The number of carboxylic acid groups (broad SMARTS) is 1. The number of ether oxygens (including phenoxy) is 3. The number of amidine groups is 1. The molecular formula is C56H68N20O6S2. The fourth-order valence-corrected chi connectivity index (χ4v) is 8.29. The van der Waals surface area contributed by atoms with E-state index in [-0.39, 0.29) is 63.2 Å². The number of nitrogens with one attached hydrogen (secondary N) is 1. The van der Waals surface area contributed by atoms with Crippen LogP contribution in [-0.2, 0) is 0 Å². The minimum atomic E-state index is -1.12. The molecule has 8 aromatic heterocycles.